The van der Waals surface area contributed by atoms with E-state index in [1.165, 1.54) is 0 Å². The molecular formula is C2H9NO6P2. The van der Waals surface area contributed by atoms with Crippen molar-refractivity contribution in [2.75, 3.05) is 14.2 Å². The molecule has 0 amide bonds. The SMILES string of the molecule is CNP(=O)(O)OP(=O)(O)OC. The molecule has 0 spiro atoms. The average Bonchev–Trinajstić information content (AvgIpc) is 1.86. The molecule has 2 atom stereocenters. The Labute approximate surface area is 63.5 Å². The second-order valence-electron chi connectivity index (χ2n) is 1.48. The quantitative estimate of drug-likeness (QED) is 0.557. The first-order chi connectivity index (χ1) is 4.83. The molecule has 0 aliphatic heterocycles. The molecule has 0 heterocycles. The zero-order valence-electron chi connectivity index (χ0n) is 5.92. The largest absolute Gasteiger partial charge is 0.480 e. The lowest BCUT2D eigenvalue weighted by molar-refractivity contribution is 0.228. The molecule has 0 aliphatic rings. The van der Waals surface area contributed by atoms with Gasteiger partial charge in [-0.05, 0) is 7.05 Å². The molecule has 68 valence electrons. The summed E-state index contributed by atoms with van der Waals surface area (Å²) in [5, 5.41) is 1.81. The van der Waals surface area contributed by atoms with Crippen molar-refractivity contribution in [3.63, 3.8) is 0 Å². The molecule has 0 aromatic rings. The molecule has 0 radical (unpaired) electrons. The minimum Gasteiger partial charge on any atom is -0.312 e. The summed E-state index contributed by atoms with van der Waals surface area (Å²) in [5.41, 5.74) is 0. The summed E-state index contributed by atoms with van der Waals surface area (Å²) in [7, 11) is -6.59. The first kappa shape index (κ1) is 11.3. The van der Waals surface area contributed by atoms with Crippen LogP contribution in [0, 0.1) is 0 Å². The summed E-state index contributed by atoms with van der Waals surface area (Å²) in [4.78, 5) is 17.1. The lowest BCUT2D eigenvalue weighted by Gasteiger charge is -2.12. The minimum absolute atomic E-state index is 0.885. The zero-order valence-corrected chi connectivity index (χ0v) is 7.71. The summed E-state index contributed by atoms with van der Waals surface area (Å²) in [6.07, 6.45) is 0. The predicted octanol–water partition coefficient (Wildman–Crippen LogP) is 0.0696. The third-order valence-electron chi connectivity index (χ3n) is 0.727. The van der Waals surface area contributed by atoms with Crippen LogP contribution < -0.4 is 5.09 Å². The van der Waals surface area contributed by atoms with Gasteiger partial charge in [-0.2, -0.15) is 4.31 Å². The highest BCUT2D eigenvalue weighted by molar-refractivity contribution is 7.62. The molecule has 3 N–H and O–H groups in total. The van der Waals surface area contributed by atoms with Gasteiger partial charge in [0.1, 0.15) is 0 Å². The van der Waals surface area contributed by atoms with E-state index in [-0.39, 0.29) is 0 Å². The normalized spacial score (nSPS) is 22.2. The Morgan fingerprint density at radius 2 is 1.82 bits per heavy atom. The molecule has 7 nitrogen and oxygen atoms in total. The van der Waals surface area contributed by atoms with Crippen LogP contribution in [0.25, 0.3) is 0 Å². The van der Waals surface area contributed by atoms with Crippen LogP contribution in [-0.4, -0.2) is 23.9 Å². The molecule has 0 aromatic heterocycles. The Balaban J connectivity index is 4.26. The number of phosphoric acid groups is 1. The van der Waals surface area contributed by atoms with Crippen molar-refractivity contribution in [1.82, 2.24) is 5.09 Å². The molecule has 0 rings (SSSR count). The molecule has 0 bridgehead atoms. The van der Waals surface area contributed by atoms with E-state index < -0.39 is 15.6 Å². The van der Waals surface area contributed by atoms with Crippen LogP contribution in [0.2, 0.25) is 0 Å². The molecule has 0 aromatic carbocycles. The number of hydrogen-bond donors (Lipinski definition) is 3. The maximum absolute atomic E-state index is 10.6. The van der Waals surface area contributed by atoms with E-state index in [0.717, 1.165) is 14.2 Å². The first-order valence-electron chi connectivity index (χ1n) is 2.44. The maximum Gasteiger partial charge on any atom is 0.480 e. The Morgan fingerprint density at radius 3 is 2.09 bits per heavy atom. The predicted molar refractivity (Wildman–Crippen MR) is 36.8 cm³/mol. The van der Waals surface area contributed by atoms with Gasteiger partial charge < -0.3 is 9.79 Å². The number of nitrogens with one attached hydrogen (secondary N) is 1. The van der Waals surface area contributed by atoms with Gasteiger partial charge in [0.05, 0.1) is 0 Å². The fourth-order valence-electron chi connectivity index (χ4n) is 0.214. The molecule has 0 saturated heterocycles. The molecule has 0 fully saturated rings. The average molecular weight is 205 g/mol. The van der Waals surface area contributed by atoms with Gasteiger partial charge in [-0.25, -0.2) is 14.2 Å². The van der Waals surface area contributed by atoms with E-state index in [4.69, 9.17) is 9.79 Å². The minimum atomic E-state index is -4.39. The molecule has 2 unspecified atom stereocenters. The summed E-state index contributed by atoms with van der Waals surface area (Å²) in [5.74, 6) is 0. The van der Waals surface area contributed by atoms with Gasteiger partial charge in [-0.1, -0.05) is 0 Å². The summed E-state index contributed by atoms with van der Waals surface area (Å²) < 4.78 is 28.8. The van der Waals surface area contributed by atoms with E-state index in [0.29, 0.717) is 0 Å². The fraction of sp³-hybridized carbons (Fsp3) is 1.00. The highest BCUT2D eigenvalue weighted by Gasteiger charge is 2.31. The van der Waals surface area contributed by atoms with Crippen LogP contribution >= 0.6 is 15.6 Å². The van der Waals surface area contributed by atoms with Crippen molar-refractivity contribution in [3.8, 4) is 0 Å². The van der Waals surface area contributed by atoms with Crippen molar-refractivity contribution in [2.45, 2.75) is 0 Å². The Kier molecular flexibility index (Phi) is 3.87. The van der Waals surface area contributed by atoms with Gasteiger partial charge in [0.15, 0.2) is 0 Å². The van der Waals surface area contributed by atoms with Crippen molar-refractivity contribution in [3.05, 3.63) is 0 Å². The smallest absolute Gasteiger partial charge is 0.312 e. The van der Waals surface area contributed by atoms with E-state index in [2.05, 4.69) is 8.83 Å². The molecule has 0 aliphatic carbocycles. The van der Waals surface area contributed by atoms with Gasteiger partial charge >= 0.3 is 15.6 Å². The highest BCUT2D eigenvalue weighted by Crippen LogP contribution is 2.56. The molecular weight excluding hydrogens is 196 g/mol. The fourth-order valence-corrected chi connectivity index (χ4v) is 1.93. The van der Waals surface area contributed by atoms with Crippen LogP contribution in [0.1, 0.15) is 0 Å². The maximum atomic E-state index is 10.6. The van der Waals surface area contributed by atoms with Crippen molar-refractivity contribution in [2.24, 2.45) is 0 Å². The number of rotatable bonds is 4. The van der Waals surface area contributed by atoms with E-state index in [1.807, 2.05) is 5.09 Å². The summed E-state index contributed by atoms with van der Waals surface area (Å²) >= 11 is 0. The van der Waals surface area contributed by atoms with Crippen molar-refractivity contribution >= 4 is 15.6 Å². The number of phosphoric ester groups is 1. The second kappa shape index (κ2) is 3.78. The van der Waals surface area contributed by atoms with Gasteiger partial charge in [0.2, 0.25) is 0 Å². The Hall–Kier alpha value is 0.260. The summed E-state index contributed by atoms with van der Waals surface area (Å²) in [6.45, 7) is 0. The monoisotopic (exact) mass is 205 g/mol. The van der Waals surface area contributed by atoms with E-state index >= 15 is 0 Å². The zero-order chi connectivity index (χ0) is 9.12. The van der Waals surface area contributed by atoms with Gasteiger partial charge in [-0.15, -0.1) is 0 Å². The van der Waals surface area contributed by atoms with Crippen LogP contribution in [-0.2, 0) is 18.0 Å². The topological polar surface area (TPSA) is 105 Å². The van der Waals surface area contributed by atoms with Crippen molar-refractivity contribution in [1.29, 1.82) is 0 Å². The van der Waals surface area contributed by atoms with E-state index in [9.17, 15) is 9.13 Å². The van der Waals surface area contributed by atoms with Gasteiger partial charge in [-0.3, -0.25) is 4.52 Å². The lowest BCUT2D eigenvalue weighted by Crippen LogP contribution is -2.04. The Bertz CT molecular complexity index is 193. The summed E-state index contributed by atoms with van der Waals surface area (Å²) in [6, 6.07) is 0. The standard InChI is InChI=1S/C2H9NO6P2/c1-3-10(4,5)9-11(6,7)8-2/h1-2H3,(H,6,7)(H2,3,4,5). The third-order valence-corrected chi connectivity index (χ3v) is 3.46. The lowest BCUT2D eigenvalue weighted by atomic mass is 11.6. The van der Waals surface area contributed by atoms with Crippen LogP contribution in [0.4, 0.5) is 0 Å². The third kappa shape index (κ3) is 4.66. The first-order valence-corrected chi connectivity index (χ1v) is 5.52. The second-order valence-corrected chi connectivity index (χ2v) is 4.92. The van der Waals surface area contributed by atoms with Crippen LogP contribution in [0.5, 0.6) is 0 Å². The molecule has 0 saturated carbocycles. The van der Waals surface area contributed by atoms with E-state index in [1.54, 1.807) is 0 Å². The Morgan fingerprint density at radius 1 is 1.36 bits per heavy atom. The highest BCUT2D eigenvalue weighted by atomic mass is 31.3. The molecule has 11 heavy (non-hydrogen) atoms. The van der Waals surface area contributed by atoms with Crippen LogP contribution in [0.15, 0.2) is 0 Å². The van der Waals surface area contributed by atoms with Gasteiger partial charge in [0.25, 0.3) is 0 Å². The number of hydrogen-bond acceptors (Lipinski definition) is 4. The molecule has 9 heteroatoms. The van der Waals surface area contributed by atoms with Gasteiger partial charge in [0, 0.05) is 7.11 Å². The van der Waals surface area contributed by atoms with Crippen molar-refractivity contribution < 1.29 is 27.8 Å². The van der Waals surface area contributed by atoms with Crippen LogP contribution in [0.3, 0.4) is 0 Å².